The molecule has 0 unspecified atom stereocenters. The molecule has 1 aromatic carbocycles. The minimum absolute atomic E-state index is 0.152. The number of hydrogen-bond acceptors (Lipinski definition) is 4. The molecular formula is C18H22FN5O. The van der Waals surface area contributed by atoms with Crippen LogP contribution in [0.15, 0.2) is 24.3 Å². The molecule has 0 aliphatic carbocycles. The van der Waals surface area contributed by atoms with Gasteiger partial charge in [0, 0.05) is 39.1 Å². The number of hydrogen-bond donors (Lipinski definition) is 1. The zero-order chi connectivity index (χ0) is 17.4. The van der Waals surface area contributed by atoms with Gasteiger partial charge < -0.3 is 9.88 Å². The molecule has 2 atom stereocenters. The Hall–Kier alpha value is -2.28. The lowest BCUT2D eigenvalue weighted by Gasteiger charge is -2.25. The summed E-state index contributed by atoms with van der Waals surface area (Å²) in [4.78, 5) is 14.5. The van der Waals surface area contributed by atoms with Crippen molar-refractivity contribution in [2.45, 2.75) is 26.4 Å². The first-order valence-corrected chi connectivity index (χ1v) is 8.81. The summed E-state index contributed by atoms with van der Waals surface area (Å²) in [7, 11) is 0. The molecule has 2 aliphatic rings. The van der Waals surface area contributed by atoms with Gasteiger partial charge in [-0.2, -0.15) is 0 Å². The van der Waals surface area contributed by atoms with Gasteiger partial charge in [0.2, 0.25) is 5.82 Å². The predicted molar refractivity (Wildman–Crippen MR) is 90.4 cm³/mol. The monoisotopic (exact) mass is 343 g/mol. The fourth-order valence-corrected chi connectivity index (χ4v) is 4.01. The van der Waals surface area contributed by atoms with Crippen molar-refractivity contribution in [3.05, 3.63) is 47.3 Å². The van der Waals surface area contributed by atoms with Gasteiger partial charge in [0.05, 0.1) is 0 Å². The van der Waals surface area contributed by atoms with E-state index < -0.39 is 0 Å². The minimum atomic E-state index is -0.199. The van der Waals surface area contributed by atoms with E-state index in [0.29, 0.717) is 24.2 Å². The van der Waals surface area contributed by atoms with Gasteiger partial charge in [-0.15, -0.1) is 10.2 Å². The number of halogens is 1. The third kappa shape index (κ3) is 3.16. The first-order chi connectivity index (χ1) is 12.1. The molecule has 1 fully saturated rings. The zero-order valence-electron chi connectivity index (χ0n) is 14.3. The largest absolute Gasteiger partial charge is 0.350 e. The number of carbonyl (C=O) groups is 1. The number of benzene rings is 1. The number of fused-ring (bicyclic) bond motifs is 2. The van der Waals surface area contributed by atoms with Crippen LogP contribution in [-0.2, 0) is 19.5 Å². The molecule has 1 saturated heterocycles. The average Bonchev–Trinajstić information content (AvgIpc) is 3.17. The van der Waals surface area contributed by atoms with E-state index >= 15 is 0 Å². The highest BCUT2D eigenvalue weighted by molar-refractivity contribution is 5.90. The summed E-state index contributed by atoms with van der Waals surface area (Å²) >= 11 is 0. The molecule has 0 saturated carbocycles. The molecule has 1 aromatic heterocycles. The van der Waals surface area contributed by atoms with Crippen LogP contribution in [0.3, 0.4) is 0 Å². The summed E-state index contributed by atoms with van der Waals surface area (Å²) in [5.74, 6) is 2.02. The van der Waals surface area contributed by atoms with Crippen molar-refractivity contribution < 1.29 is 9.18 Å². The predicted octanol–water partition coefficient (Wildman–Crippen LogP) is 1.47. The van der Waals surface area contributed by atoms with Gasteiger partial charge in [0.15, 0.2) is 0 Å². The minimum Gasteiger partial charge on any atom is -0.350 e. The molecule has 1 N–H and O–H groups in total. The van der Waals surface area contributed by atoms with Crippen LogP contribution in [0.25, 0.3) is 0 Å². The molecule has 25 heavy (non-hydrogen) atoms. The van der Waals surface area contributed by atoms with E-state index in [2.05, 4.69) is 20.4 Å². The maximum Gasteiger partial charge on any atom is 0.289 e. The Labute approximate surface area is 146 Å². The van der Waals surface area contributed by atoms with Crippen molar-refractivity contribution in [3.8, 4) is 0 Å². The third-order valence-corrected chi connectivity index (χ3v) is 5.20. The molecule has 1 amide bonds. The van der Waals surface area contributed by atoms with Crippen LogP contribution >= 0.6 is 0 Å². The Kier molecular flexibility index (Phi) is 4.25. The van der Waals surface area contributed by atoms with Gasteiger partial charge in [0.1, 0.15) is 11.6 Å². The van der Waals surface area contributed by atoms with Gasteiger partial charge in [-0.3, -0.25) is 9.69 Å². The van der Waals surface area contributed by atoms with E-state index in [1.165, 1.54) is 12.1 Å². The molecule has 0 radical (unpaired) electrons. The van der Waals surface area contributed by atoms with Gasteiger partial charge in [-0.25, -0.2) is 4.39 Å². The molecule has 6 nitrogen and oxygen atoms in total. The highest BCUT2D eigenvalue weighted by Crippen LogP contribution is 2.33. The third-order valence-electron chi connectivity index (χ3n) is 5.20. The summed E-state index contributed by atoms with van der Waals surface area (Å²) in [5, 5.41) is 11.1. The van der Waals surface area contributed by atoms with Crippen LogP contribution in [-0.4, -0.2) is 45.2 Å². The Morgan fingerprint density at radius 3 is 2.72 bits per heavy atom. The zero-order valence-corrected chi connectivity index (χ0v) is 14.3. The number of amides is 1. The second-order valence-electron chi connectivity index (χ2n) is 6.95. The number of aromatic nitrogens is 3. The van der Waals surface area contributed by atoms with Crippen molar-refractivity contribution in [1.82, 2.24) is 25.0 Å². The lowest BCUT2D eigenvalue weighted by molar-refractivity contribution is 0.0937. The number of likely N-dealkylation sites (tertiary alicyclic amines) is 1. The molecule has 0 bridgehead atoms. The van der Waals surface area contributed by atoms with E-state index in [4.69, 9.17) is 0 Å². The summed E-state index contributed by atoms with van der Waals surface area (Å²) in [5.41, 5.74) is 1.13. The number of nitrogens with zero attached hydrogens (tertiary/aromatic N) is 4. The van der Waals surface area contributed by atoms with Crippen molar-refractivity contribution in [1.29, 1.82) is 0 Å². The first kappa shape index (κ1) is 16.2. The van der Waals surface area contributed by atoms with E-state index in [9.17, 15) is 9.18 Å². The summed E-state index contributed by atoms with van der Waals surface area (Å²) in [6, 6.07) is 6.72. The molecule has 2 aromatic rings. The van der Waals surface area contributed by atoms with Crippen LogP contribution in [0.1, 0.15) is 28.9 Å². The summed E-state index contributed by atoms with van der Waals surface area (Å²) in [6.45, 7) is 6.08. The maximum atomic E-state index is 13.1. The van der Waals surface area contributed by atoms with Crippen molar-refractivity contribution in [2.24, 2.45) is 11.8 Å². The van der Waals surface area contributed by atoms with Gasteiger partial charge in [-0.1, -0.05) is 12.1 Å². The summed E-state index contributed by atoms with van der Waals surface area (Å²) in [6.07, 6.45) is 0.858. The second kappa shape index (κ2) is 6.55. The number of nitrogens with one attached hydrogen (secondary N) is 1. The standard InChI is InChI=1S/C18H22FN5O/c1-2-20-18(25)17-22-21-16-7-13-9-23(10-14(13)11-24(16)17)8-12-3-5-15(19)6-4-12/h3-6,13-14H,2,7-11H2,1H3,(H,20,25)/t13-,14+/m0/s1. The fourth-order valence-electron chi connectivity index (χ4n) is 4.01. The highest BCUT2D eigenvalue weighted by Gasteiger charge is 2.38. The van der Waals surface area contributed by atoms with Gasteiger partial charge in [0.25, 0.3) is 5.91 Å². The number of carbonyl (C=O) groups excluding carboxylic acids is 1. The van der Waals surface area contributed by atoms with Crippen molar-refractivity contribution in [2.75, 3.05) is 19.6 Å². The number of rotatable bonds is 4. The van der Waals surface area contributed by atoms with Crippen LogP contribution in [0, 0.1) is 17.7 Å². The van der Waals surface area contributed by atoms with Crippen molar-refractivity contribution >= 4 is 5.91 Å². The van der Waals surface area contributed by atoms with Crippen LogP contribution in [0.5, 0.6) is 0 Å². The van der Waals surface area contributed by atoms with Gasteiger partial charge in [-0.05, 0) is 36.5 Å². The van der Waals surface area contributed by atoms with Crippen LogP contribution < -0.4 is 5.32 Å². The highest BCUT2D eigenvalue weighted by atomic mass is 19.1. The quantitative estimate of drug-likeness (QED) is 0.913. The van der Waals surface area contributed by atoms with Crippen LogP contribution in [0.4, 0.5) is 4.39 Å². The normalized spacial score (nSPS) is 22.5. The molecular weight excluding hydrogens is 321 g/mol. The van der Waals surface area contributed by atoms with Crippen LogP contribution in [0.2, 0.25) is 0 Å². The fraction of sp³-hybridized carbons (Fsp3) is 0.500. The molecule has 4 rings (SSSR count). The molecule has 132 valence electrons. The Balaban J connectivity index is 1.45. The topological polar surface area (TPSA) is 63.1 Å². The Morgan fingerprint density at radius 2 is 1.96 bits per heavy atom. The molecule has 0 spiro atoms. The first-order valence-electron chi connectivity index (χ1n) is 8.81. The maximum absolute atomic E-state index is 13.1. The molecule has 7 heteroatoms. The van der Waals surface area contributed by atoms with E-state index in [-0.39, 0.29) is 11.7 Å². The Bertz CT molecular complexity index is 772. The van der Waals surface area contributed by atoms with Crippen molar-refractivity contribution in [3.63, 3.8) is 0 Å². The average molecular weight is 343 g/mol. The SMILES string of the molecule is CCNC(=O)c1nnc2n1C[C@H]1CN(Cc3ccc(F)cc3)C[C@@H]1C2. The van der Waals surface area contributed by atoms with E-state index in [1.807, 2.05) is 23.6 Å². The van der Waals surface area contributed by atoms with E-state index in [0.717, 1.165) is 44.0 Å². The lowest BCUT2D eigenvalue weighted by Crippen LogP contribution is -2.33. The van der Waals surface area contributed by atoms with E-state index in [1.54, 1.807) is 0 Å². The Morgan fingerprint density at radius 1 is 1.20 bits per heavy atom. The molecule has 2 aliphatic heterocycles. The smallest absolute Gasteiger partial charge is 0.289 e. The lowest BCUT2D eigenvalue weighted by atomic mass is 9.89. The summed E-state index contributed by atoms with van der Waals surface area (Å²) < 4.78 is 15.0. The van der Waals surface area contributed by atoms with Gasteiger partial charge >= 0.3 is 0 Å². The molecule has 3 heterocycles. The second-order valence-corrected chi connectivity index (χ2v) is 6.95.